The van der Waals surface area contributed by atoms with Crippen molar-refractivity contribution < 1.29 is 0 Å². The molecule has 74 valence electrons. The first-order valence-electron chi connectivity index (χ1n) is 5.13. The van der Waals surface area contributed by atoms with E-state index >= 15 is 0 Å². The van der Waals surface area contributed by atoms with Crippen molar-refractivity contribution in [2.24, 2.45) is 17.8 Å². The van der Waals surface area contributed by atoms with Crippen LogP contribution in [0.3, 0.4) is 0 Å². The zero-order valence-electron chi connectivity index (χ0n) is 8.52. The minimum atomic E-state index is 0.770. The molecule has 0 saturated heterocycles. The standard InChI is InChI=1S/C13H16S/c1-3-12-10(2)13(12)9-14-11-7-5-4-6-8-11/h3-8,10,12-13H,1,9H2,2H3. The Hall–Kier alpha value is -0.690. The molecule has 1 aliphatic rings. The first kappa shape index (κ1) is 9.85. The molecule has 14 heavy (non-hydrogen) atoms. The van der Waals surface area contributed by atoms with Gasteiger partial charge in [-0.1, -0.05) is 31.2 Å². The maximum atomic E-state index is 3.87. The molecule has 1 saturated carbocycles. The Morgan fingerprint density at radius 2 is 2.07 bits per heavy atom. The second-order valence-corrected chi connectivity index (χ2v) is 5.05. The van der Waals surface area contributed by atoms with Crippen LogP contribution in [0.5, 0.6) is 0 Å². The van der Waals surface area contributed by atoms with Crippen LogP contribution in [-0.4, -0.2) is 5.75 Å². The lowest BCUT2D eigenvalue weighted by molar-refractivity contribution is 0.844. The van der Waals surface area contributed by atoms with Gasteiger partial charge in [-0.15, -0.1) is 18.3 Å². The van der Waals surface area contributed by atoms with Gasteiger partial charge in [-0.05, 0) is 29.9 Å². The Labute approximate surface area is 90.4 Å². The molecular formula is C13H16S. The second-order valence-electron chi connectivity index (χ2n) is 3.96. The SMILES string of the molecule is C=CC1C(C)C1CSc1ccccc1. The summed E-state index contributed by atoms with van der Waals surface area (Å²) in [7, 11) is 0. The van der Waals surface area contributed by atoms with Crippen molar-refractivity contribution >= 4 is 11.8 Å². The first-order valence-corrected chi connectivity index (χ1v) is 6.12. The van der Waals surface area contributed by atoms with Gasteiger partial charge in [0.25, 0.3) is 0 Å². The molecule has 0 nitrogen and oxygen atoms in total. The van der Waals surface area contributed by atoms with Crippen LogP contribution in [0, 0.1) is 17.8 Å². The molecule has 0 spiro atoms. The van der Waals surface area contributed by atoms with E-state index in [9.17, 15) is 0 Å². The highest BCUT2D eigenvalue weighted by Gasteiger charge is 2.43. The largest absolute Gasteiger partial charge is 0.126 e. The third-order valence-electron chi connectivity index (χ3n) is 3.09. The van der Waals surface area contributed by atoms with E-state index < -0.39 is 0 Å². The highest BCUT2D eigenvalue weighted by Crippen LogP contribution is 2.49. The Morgan fingerprint density at radius 3 is 2.64 bits per heavy atom. The molecule has 1 aliphatic carbocycles. The van der Waals surface area contributed by atoms with E-state index in [0.29, 0.717) is 0 Å². The molecule has 1 fully saturated rings. The Morgan fingerprint density at radius 1 is 1.36 bits per heavy atom. The zero-order chi connectivity index (χ0) is 9.97. The van der Waals surface area contributed by atoms with Gasteiger partial charge in [0.1, 0.15) is 0 Å². The average Bonchev–Trinajstić information content (AvgIpc) is 2.87. The van der Waals surface area contributed by atoms with Gasteiger partial charge in [-0.2, -0.15) is 0 Å². The fourth-order valence-electron chi connectivity index (χ4n) is 1.94. The molecule has 3 unspecified atom stereocenters. The van der Waals surface area contributed by atoms with Crippen molar-refractivity contribution in [2.45, 2.75) is 11.8 Å². The molecular weight excluding hydrogens is 188 g/mol. The van der Waals surface area contributed by atoms with E-state index in [2.05, 4.69) is 49.9 Å². The van der Waals surface area contributed by atoms with E-state index in [1.54, 1.807) is 0 Å². The van der Waals surface area contributed by atoms with Gasteiger partial charge in [-0.3, -0.25) is 0 Å². The number of hydrogen-bond donors (Lipinski definition) is 0. The quantitative estimate of drug-likeness (QED) is 0.530. The van der Waals surface area contributed by atoms with Crippen LogP contribution in [-0.2, 0) is 0 Å². The number of thioether (sulfide) groups is 1. The van der Waals surface area contributed by atoms with Gasteiger partial charge < -0.3 is 0 Å². The summed E-state index contributed by atoms with van der Waals surface area (Å²) in [5.74, 6) is 3.72. The van der Waals surface area contributed by atoms with E-state index in [1.165, 1.54) is 10.6 Å². The van der Waals surface area contributed by atoms with E-state index in [1.807, 2.05) is 11.8 Å². The van der Waals surface area contributed by atoms with E-state index in [-0.39, 0.29) is 0 Å². The maximum Gasteiger partial charge on any atom is 0.00720 e. The van der Waals surface area contributed by atoms with Gasteiger partial charge >= 0.3 is 0 Å². The van der Waals surface area contributed by atoms with Crippen LogP contribution in [0.4, 0.5) is 0 Å². The van der Waals surface area contributed by atoms with Crippen molar-refractivity contribution in [1.82, 2.24) is 0 Å². The normalized spacial score (nSPS) is 29.9. The molecule has 0 aliphatic heterocycles. The van der Waals surface area contributed by atoms with Crippen LogP contribution in [0.15, 0.2) is 47.9 Å². The lowest BCUT2D eigenvalue weighted by Gasteiger charge is -1.99. The summed E-state index contributed by atoms with van der Waals surface area (Å²) in [5, 5.41) is 0. The van der Waals surface area contributed by atoms with Crippen LogP contribution in [0.2, 0.25) is 0 Å². The molecule has 0 bridgehead atoms. The number of rotatable bonds is 4. The maximum absolute atomic E-state index is 3.87. The minimum absolute atomic E-state index is 0.770. The van der Waals surface area contributed by atoms with Gasteiger partial charge in [-0.25, -0.2) is 0 Å². The summed E-state index contributed by atoms with van der Waals surface area (Å²) >= 11 is 1.97. The van der Waals surface area contributed by atoms with Crippen LogP contribution >= 0.6 is 11.8 Å². The van der Waals surface area contributed by atoms with Gasteiger partial charge in [0.15, 0.2) is 0 Å². The van der Waals surface area contributed by atoms with Crippen molar-refractivity contribution in [3.8, 4) is 0 Å². The van der Waals surface area contributed by atoms with Crippen LogP contribution in [0.1, 0.15) is 6.92 Å². The molecule has 1 aromatic carbocycles. The predicted molar refractivity (Wildman–Crippen MR) is 63.5 cm³/mol. The van der Waals surface area contributed by atoms with Crippen LogP contribution in [0.25, 0.3) is 0 Å². The van der Waals surface area contributed by atoms with Crippen LogP contribution < -0.4 is 0 Å². The number of benzene rings is 1. The van der Waals surface area contributed by atoms with Gasteiger partial charge in [0, 0.05) is 10.6 Å². The third-order valence-corrected chi connectivity index (χ3v) is 4.25. The fourth-order valence-corrected chi connectivity index (χ4v) is 3.20. The second kappa shape index (κ2) is 4.22. The van der Waals surface area contributed by atoms with Crippen molar-refractivity contribution in [2.75, 3.05) is 5.75 Å². The van der Waals surface area contributed by atoms with Crippen molar-refractivity contribution in [3.05, 3.63) is 43.0 Å². The van der Waals surface area contributed by atoms with Crippen molar-refractivity contribution in [3.63, 3.8) is 0 Å². The summed E-state index contributed by atoms with van der Waals surface area (Å²) in [4.78, 5) is 1.38. The topological polar surface area (TPSA) is 0 Å². The highest BCUT2D eigenvalue weighted by molar-refractivity contribution is 7.99. The summed E-state index contributed by atoms with van der Waals surface area (Å²) in [5.41, 5.74) is 0. The summed E-state index contributed by atoms with van der Waals surface area (Å²) in [6.07, 6.45) is 2.11. The lowest BCUT2D eigenvalue weighted by Crippen LogP contribution is -1.84. The average molecular weight is 204 g/mol. The first-order chi connectivity index (χ1) is 6.83. The smallest absolute Gasteiger partial charge is 0.00720 e. The number of allylic oxidation sites excluding steroid dienone is 1. The van der Waals surface area contributed by atoms with Crippen molar-refractivity contribution in [1.29, 1.82) is 0 Å². The Balaban J connectivity index is 1.82. The Kier molecular flexibility index (Phi) is 2.97. The molecule has 0 radical (unpaired) electrons. The number of hydrogen-bond acceptors (Lipinski definition) is 1. The molecule has 0 N–H and O–H groups in total. The van der Waals surface area contributed by atoms with Gasteiger partial charge in [0.2, 0.25) is 0 Å². The molecule has 3 atom stereocenters. The third kappa shape index (κ3) is 2.03. The minimum Gasteiger partial charge on any atom is -0.126 e. The predicted octanol–water partition coefficient (Wildman–Crippen LogP) is 3.85. The fraction of sp³-hybridized carbons (Fsp3) is 0.385. The summed E-state index contributed by atoms with van der Waals surface area (Å²) in [6, 6.07) is 10.6. The highest BCUT2D eigenvalue weighted by atomic mass is 32.2. The molecule has 1 aromatic rings. The van der Waals surface area contributed by atoms with E-state index in [4.69, 9.17) is 0 Å². The van der Waals surface area contributed by atoms with Gasteiger partial charge in [0.05, 0.1) is 0 Å². The molecule has 0 amide bonds. The lowest BCUT2D eigenvalue weighted by atomic mass is 10.3. The molecule has 1 heteroatoms. The summed E-state index contributed by atoms with van der Waals surface area (Å²) in [6.45, 7) is 6.19. The molecule has 0 aromatic heterocycles. The Bertz CT molecular complexity index is 304. The molecule has 0 heterocycles. The summed E-state index contributed by atoms with van der Waals surface area (Å²) < 4.78 is 0. The molecule has 2 rings (SSSR count). The monoisotopic (exact) mass is 204 g/mol. The van der Waals surface area contributed by atoms with E-state index in [0.717, 1.165) is 17.8 Å². The zero-order valence-corrected chi connectivity index (χ0v) is 9.34.